The molecule has 0 fully saturated rings. The van der Waals surface area contributed by atoms with Crippen LogP contribution in [0.2, 0.25) is 0 Å². The molecule has 1 aromatic carbocycles. The van der Waals surface area contributed by atoms with Gasteiger partial charge in [-0.05, 0) is 30.3 Å². The Morgan fingerprint density at radius 3 is 2.79 bits per heavy atom. The molecule has 3 N–H and O–H groups in total. The zero-order valence-electron chi connectivity index (χ0n) is 7.40. The Morgan fingerprint density at radius 1 is 1.29 bits per heavy atom. The first-order valence-corrected chi connectivity index (χ1v) is 4.13. The molecule has 0 saturated heterocycles. The van der Waals surface area contributed by atoms with Crippen molar-refractivity contribution >= 4 is 17.2 Å². The summed E-state index contributed by atoms with van der Waals surface area (Å²) in [5.74, 6) is 5.65. The molecule has 0 atom stereocenters. The second-order valence-corrected chi connectivity index (χ2v) is 3.02. The molecule has 0 spiro atoms. The van der Waals surface area contributed by atoms with Crippen molar-refractivity contribution in [1.82, 2.24) is 4.68 Å². The van der Waals surface area contributed by atoms with Gasteiger partial charge in [-0.3, -0.25) is 10.2 Å². The zero-order chi connectivity index (χ0) is 10.1. The van der Waals surface area contributed by atoms with Crippen LogP contribution >= 0.6 is 0 Å². The number of fused-ring (bicyclic) bond motifs is 1. The SMILES string of the molecule is N=c1ccc2cc(C=O)ccc2n1N. The van der Waals surface area contributed by atoms with Crippen LogP contribution in [-0.4, -0.2) is 11.0 Å². The van der Waals surface area contributed by atoms with Gasteiger partial charge < -0.3 is 5.84 Å². The normalized spacial score (nSPS) is 10.3. The quantitative estimate of drug-likeness (QED) is 0.508. The molecule has 4 heteroatoms. The summed E-state index contributed by atoms with van der Waals surface area (Å²) in [5, 5.41) is 8.32. The molecule has 0 aliphatic heterocycles. The van der Waals surface area contributed by atoms with Crippen LogP contribution in [0, 0.1) is 5.41 Å². The second kappa shape index (κ2) is 2.99. The number of nitrogens with zero attached hydrogens (tertiary/aromatic N) is 1. The summed E-state index contributed by atoms with van der Waals surface area (Å²) in [6.45, 7) is 0. The molecule has 1 aromatic heterocycles. The van der Waals surface area contributed by atoms with Gasteiger partial charge in [0, 0.05) is 10.9 Å². The molecule has 0 aliphatic carbocycles. The third-order valence-corrected chi connectivity index (χ3v) is 2.13. The van der Waals surface area contributed by atoms with Crippen molar-refractivity contribution in [1.29, 1.82) is 5.41 Å². The maximum atomic E-state index is 10.5. The number of carbonyl (C=O) groups excluding carboxylic acids is 1. The topological polar surface area (TPSA) is 71.9 Å². The lowest BCUT2D eigenvalue weighted by atomic mass is 10.1. The van der Waals surface area contributed by atoms with Crippen molar-refractivity contribution in [3.63, 3.8) is 0 Å². The second-order valence-electron chi connectivity index (χ2n) is 3.02. The first-order valence-electron chi connectivity index (χ1n) is 4.13. The van der Waals surface area contributed by atoms with Gasteiger partial charge in [0.2, 0.25) is 0 Å². The maximum absolute atomic E-state index is 10.5. The standard InChI is InChI=1S/C10H9N3O/c11-10-4-2-8-5-7(6-14)1-3-9(8)13(10)12/h1-6,11H,12H2. The molecule has 0 bridgehead atoms. The summed E-state index contributed by atoms with van der Waals surface area (Å²) in [7, 11) is 0. The highest BCUT2D eigenvalue weighted by molar-refractivity contribution is 5.86. The van der Waals surface area contributed by atoms with E-state index in [0.29, 0.717) is 5.56 Å². The number of carbonyl (C=O) groups is 1. The van der Waals surface area contributed by atoms with Gasteiger partial charge in [-0.15, -0.1) is 0 Å². The van der Waals surface area contributed by atoms with Crippen molar-refractivity contribution in [2.24, 2.45) is 0 Å². The Morgan fingerprint density at radius 2 is 2.07 bits per heavy atom. The van der Waals surface area contributed by atoms with Crippen LogP contribution in [0.3, 0.4) is 0 Å². The van der Waals surface area contributed by atoms with Gasteiger partial charge in [0.15, 0.2) is 0 Å². The molecular formula is C10H9N3O. The highest BCUT2D eigenvalue weighted by atomic mass is 16.1. The largest absolute Gasteiger partial charge is 0.337 e. The van der Waals surface area contributed by atoms with Crippen molar-refractivity contribution < 1.29 is 4.79 Å². The average molecular weight is 187 g/mol. The number of hydrogen-bond donors (Lipinski definition) is 2. The van der Waals surface area contributed by atoms with Crippen molar-refractivity contribution in [3.05, 3.63) is 41.4 Å². The number of aromatic nitrogens is 1. The predicted octanol–water partition coefficient (Wildman–Crippen LogP) is 0.647. The fourth-order valence-corrected chi connectivity index (χ4v) is 1.38. The van der Waals surface area contributed by atoms with E-state index < -0.39 is 0 Å². The highest BCUT2D eigenvalue weighted by Gasteiger charge is 1.98. The predicted molar refractivity (Wildman–Crippen MR) is 53.3 cm³/mol. The van der Waals surface area contributed by atoms with Crippen LogP contribution in [0.4, 0.5) is 0 Å². The number of nitrogens with two attached hydrogens (primary N) is 1. The molecule has 0 unspecified atom stereocenters. The molecule has 2 aromatic rings. The van der Waals surface area contributed by atoms with Gasteiger partial charge in [0.05, 0.1) is 5.52 Å². The highest BCUT2D eigenvalue weighted by Crippen LogP contribution is 2.11. The van der Waals surface area contributed by atoms with E-state index in [9.17, 15) is 4.79 Å². The van der Waals surface area contributed by atoms with E-state index in [-0.39, 0.29) is 5.49 Å². The molecule has 1 heterocycles. The van der Waals surface area contributed by atoms with E-state index in [0.717, 1.165) is 17.2 Å². The Bertz CT molecular complexity index is 557. The van der Waals surface area contributed by atoms with Crippen LogP contribution in [0.5, 0.6) is 0 Å². The summed E-state index contributed by atoms with van der Waals surface area (Å²) >= 11 is 0. The summed E-state index contributed by atoms with van der Waals surface area (Å²) in [5.41, 5.74) is 1.58. The minimum absolute atomic E-state index is 0.233. The van der Waals surface area contributed by atoms with Gasteiger partial charge in [-0.1, -0.05) is 0 Å². The van der Waals surface area contributed by atoms with E-state index in [1.54, 1.807) is 30.3 Å². The number of rotatable bonds is 1. The number of benzene rings is 1. The fraction of sp³-hybridized carbons (Fsp3) is 0. The minimum atomic E-state index is 0.233. The van der Waals surface area contributed by atoms with Crippen LogP contribution in [0.15, 0.2) is 30.3 Å². The first-order chi connectivity index (χ1) is 6.72. The van der Waals surface area contributed by atoms with E-state index in [1.165, 1.54) is 4.68 Å². The van der Waals surface area contributed by atoms with Crippen LogP contribution < -0.4 is 11.3 Å². The summed E-state index contributed by atoms with van der Waals surface area (Å²) in [6, 6.07) is 8.52. The van der Waals surface area contributed by atoms with Gasteiger partial charge in [0.25, 0.3) is 0 Å². The monoisotopic (exact) mass is 187 g/mol. The summed E-state index contributed by atoms with van der Waals surface area (Å²) in [4.78, 5) is 10.5. The molecule has 2 rings (SSSR count). The number of nitrogens with one attached hydrogen (secondary N) is 1. The molecule has 14 heavy (non-hydrogen) atoms. The van der Waals surface area contributed by atoms with Gasteiger partial charge >= 0.3 is 0 Å². The lowest BCUT2D eigenvalue weighted by Gasteiger charge is -2.04. The van der Waals surface area contributed by atoms with Gasteiger partial charge in [0.1, 0.15) is 11.8 Å². The average Bonchev–Trinajstić information content (AvgIpc) is 2.23. The van der Waals surface area contributed by atoms with Crippen LogP contribution in [0.25, 0.3) is 10.9 Å². The minimum Gasteiger partial charge on any atom is -0.337 e. The molecule has 0 radical (unpaired) electrons. The Labute approximate surface area is 80.1 Å². The first kappa shape index (κ1) is 8.50. The molecular weight excluding hydrogens is 178 g/mol. The van der Waals surface area contributed by atoms with E-state index in [2.05, 4.69) is 0 Å². The Hall–Kier alpha value is -2.10. The molecule has 70 valence electrons. The van der Waals surface area contributed by atoms with E-state index >= 15 is 0 Å². The molecule has 0 amide bonds. The van der Waals surface area contributed by atoms with Crippen molar-refractivity contribution in [3.8, 4) is 0 Å². The Balaban J connectivity index is 2.87. The maximum Gasteiger partial charge on any atom is 0.150 e. The molecule has 4 nitrogen and oxygen atoms in total. The lowest BCUT2D eigenvalue weighted by molar-refractivity contribution is 0.112. The third-order valence-electron chi connectivity index (χ3n) is 2.13. The molecule has 0 aliphatic rings. The zero-order valence-corrected chi connectivity index (χ0v) is 7.40. The number of pyridine rings is 1. The third kappa shape index (κ3) is 1.17. The lowest BCUT2D eigenvalue weighted by Crippen LogP contribution is -2.26. The smallest absolute Gasteiger partial charge is 0.150 e. The summed E-state index contributed by atoms with van der Waals surface area (Å²) in [6.07, 6.45) is 0.787. The Kier molecular flexibility index (Phi) is 1.81. The van der Waals surface area contributed by atoms with Crippen LogP contribution in [-0.2, 0) is 0 Å². The van der Waals surface area contributed by atoms with Gasteiger partial charge in [-0.2, -0.15) is 0 Å². The molecule has 0 saturated carbocycles. The number of nitrogen functional groups attached to an aromatic ring is 1. The van der Waals surface area contributed by atoms with Crippen molar-refractivity contribution in [2.75, 3.05) is 5.84 Å². The number of hydrogen-bond acceptors (Lipinski definition) is 3. The van der Waals surface area contributed by atoms with E-state index in [4.69, 9.17) is 11.3 Å². The fourth-order valence-electron chi connectivity index (χ4n) is 1.38. The summed E-state index contributed by atoms with van der Waals surface area (Å²) < 4.78 is 1.28. The van der Waals surface area contributed by atoms with Crippen LogP contribution in [0.1, 0.15) is 10.4 Å². The number of aldehydes is 1. The van der Waals surface area contributed by atoms with Crippen molar-refractivity contribution in [2.45, 2.75) is 0 Å². The van der Waals surface area contributed by atoms with E-state index in [1.807, 2.05) is 0 Å². The van der Waals surface area contributed by atoms with Gasteiger partial charge in [-0.25, -0.2) is 4.68 Å².